The molecule has 0 aliphatic carbocycles. The van der Waals surface area contributed by atoms with Crippen LogP contribution in [-0.2, 0) is 12.1 Å². The number of carbonyl (C=O) groups excluding carboxylic acids is 1. The van der Waals surface area contributed by atoms with Crippen molar-refractivity contribution in [2.45, 2.75) is 25.0 Å². The first-order valence-electron chi connectivity index (χ1n) is 11.5. The molecule has 1 saturated heterocycles. The lowest BCUT2D eigenvalue weighted by atomic mass is 9.84. The third-order valence-corrected chi connectivity index (χ3v) is 7.44. The fraction of sp³-hybridized carbons (Fsp3) is 0.296. The predicted molar refractivity (Wildman–Crippen MR) is 136 cm³/mol. The number of piperidine rings is 1. The molecule has 3 heterocycles. The molecule has 1 aliphatic rings. The lowest BCUT2D eigenvalue weighted by molar-refractivity contribution is -0.0274. The largest absolute Gasteiger partial charge is 0.497 e. The van der Waals surface area contributed by atoms with E-state index in [0.717, 1.165) is 30.6 Å². The van der Waals surface area contributed by atoms with E-state index in [1.54, 1.807) is 42.7 Å². The summed E-state index contributed by atoms with van der Waals surface area (Å²) in [5.41, 5.74) is 1.04. The Bertz CT molecular complexity index is 1320. The number of aliphatic hydroxyl groups is 1. The third-order valence-electron chi connectivity index (χ3n) is 6.58. The Labute approximate surface area is 207 Å². The molecule has 1 amide bonds. The van der Waals surface area contributed by atoms with Crippen molar-refractivity contribution in [2.75, 3.05) is 32.6 Å². The number of likely N-dealkylation sites (tertiary alicyclic amines) is 1. The monoisotopic (exact) mass is 492 g/mol. The highest BCUT2D eigenvalue weighted by Crippen LogP contribution is 2.36. The Hall–Kier alpha value is -3.33. The zero-order valence-corrected chi connectivity index (χ0v) is 20.6. The van der Waals surface area contributed by atoms with E-state index in [0.29, 0.717) is 35.6 Å². The molecule has 1 fully saturated rings. The number of methoxy groups -OCH3 is 2. The maximum atomic E-state index is 12.9. The summed E-state index contributed by atoms with van der Waals surface area (Å²) in [6.45, 7) is 2.58. The number of hydrogen-bond acceptors (Lipinski definition) is 7. The van der Waals surface area contributed by atoms with Crippen LogP contribution in [0.5, 0.6) is 11.5 Å². The third kappa shape index (κ3) is 4.91. The molecule has 5 rings (SSSR count). The van der Waals surface area contributed by atoms with Crippen LogP contribution in [0, 0.1) is 0 Å². The van der Waals surface area contributed by atoms with Gasteiger partial charge in [0.15, 0.2) is 5.76 Å². The van der Waals surface area contributed by atoms with E-state index in [2.05, 4.69) is 27.7 Å². The number of amides is 1. The lowest BCUT2D eigenvalue weighted by Gasteiger charge is -2.38. The minimum atomic E-state index is -0.895. The van der Waals surface area contributed by atoms with E-state index < -0.39 is 11.5 Å². The number of ether oxygens (including phenoxy) is 2. The molecule has 1 aliphatic heterocycles. The zero-order chi connectivity index (χ0) is 24.4. The fourth-order valence-electron chi connectivity index (χ4n) is 4.53. The van der Waals surface area contributed by atoms with Gasteiger partial charge >= 0.3 is 0 Å². The summed E-state index contributed by atoms with van der Waals surface area (Å²) >= 11 is 1.76. The maximum Gasteiger partial charge on any atom is 0.291 e. The summed E-state index contributed by atoms with van der Waals surface area (Å²) in [4.78, 5) is 16.6. The molecule has 2 N–H and O–H groups in total. The summed E-state index contributed by atoms with van der Waals surface area (Å²) < 4.78 is 16.4. The average molecular weight is 493 g/mol. The first kappa shape index (κ1) is 23.4. The number of nitrogens with one attached hydrogen (secondary N) is 1. The predicted octanol–water partition coefficient (Wildman–Crippen LogP) is 5.25. The quantitative estimate of drug-likeness (QED) is 0.367. The van der Waals surface area contributed by atoms with E-state index in [-0.39, 0.29) is 5.76 Å². The smallest absolute Gasteiger partial charge is 0.291 e. The highest BCUT2D eigenvalue weighted by molar-refractivity contribution is 7.09. The van der Waals surface area contributed by atoms with Crippen LogP contribution in [0.1, 0.15) is 33.8 Å². The van der Waals surface area contributed by atoms with E-state index in [1.165, 1.54) is 12.0 Å². The fourth-order valence-corrected chi connectivity index (χ4v) is 5.28. The van der Waals surface area contributed by atoms with Gasteiger partial charge in [-0.15, -0.1) is 11.3 Å². The van der Waals surface area contributed by atoms with E-state index >= 15 is 0 Å². The van der Waals surface area contributed by atoms with E-state index in [1.807, 2.05) is 18.2 Å². The van der Waals surface area contributed by atoms with Crippen LogP contribution in [0.3, 0.4) is 0 Å². The number of hydrogen-bond donors (Lipinski definition) is 2. The summed E-state index contributed by atoms with van der Waals surface area (Å²) in [6.07, 6.45) is 1.31. The summed E-state index contributed by atoms with van der Waals surface area (Å²) in [5, 5.41) is 17.1. The molecule has 2 aromatic carbocycles. The van der Waals surface area contributed by atoms with Crippen LogP contribution in [0.25, 0.3) is 11.0 Å². The van der Waals surface area contributed by atoms with Crippen molar-refractivity contribution in [3.8, 4) is 11.5 Å². The van der Waals surface area contributed by atoms with Crippen molar-refractivity contribution in [3.05, 3.63) is 76.2 Å². The molecule has 4 aromatic rings. The highest BCUT2D eigenvalue weighted by atomic mass is 32.1. The lowest BCUT2D eigenvalue weighted by Crippen LogP contribution is -2.42. The van der Waals surface area contributed by atoms with E-state index in [9.17, 15) is 9.90 Å². The van der Waals surface area contributed by atoms with Crippen LogP contribution in [0.4, 0.5) is 5.69 Å². The molecule has 0 atom stereocenters. The van der Waals surface area contributed by atoms with Crippen molar-refractivity contribution in [1.82, 2.24) is 4.90 Å². The Morgan fingerprint density at radius 3 is 2.66 bits per heavy atom. The average Bonchev–Trinajstić information content (AvgIpc) is 3.55. The first-order valence-corrected chi connectivity index (χ1v) is 12.4. The normalized spacial score (nSPS) is 15.7. The molecule has 0 radical (unpaired) electrons. The summed E-state index contributed by atoms with van der Waals surface area (Å²) in [7, 11) is 3.10. The number of anilines is 1. The second kappa shape index (κ2) is 9.73. The standard InChI is InChI=1S/C27H28N2O5S/c1-32-20-6-8-24(33-2)22(16-20)28-26(30)25-15-18-14-19(5-7-23(18)34-25)27(31)9-11-29(12-10-27)17-21-4-3-13-35-21/h3-8,13-16,31H,9-12,17H2,1-2H3,(H,28,30). The summed E-state index contributed by atoms with van der Waals surface area (Å²) in [6, 6.07) is 16.8. The number of furan rings is 1. The molecule has 7 nitrogen and oxygen atoms in total. The van der Waals surface area contributed by atoms with Gasteiger partial charge in [-0.2, -0.15) is 0 Å². The molecular formula is C27H28N2O5S. The Morgan fingerprint density at radius 1 is 1.11 bits per heavy atom. The minimum absolute atomic E-state index is 0.180. The van der Waals surface area contributed by atoms with Gasteiger partial charge < -0.3 is 24.3 Å². The van der Waals surface area contributed by atoms with E-state index in [4.69, 9.17) is 13.9 Å². The number of rotatable bonds is 7. The molecule has 0 spiro atoms. The van der Waals surface area contributed by atoms with Gasteiger partial charge in [0.05, 0.1) is 25.5 Å². The second-order valence-electron chi connectivity index (χ2n) is 8.77. The molecule has 8 heteroatoms. The van der Waals surface area contributed by atoms with Crippen molar-refractivity contribution < 1.29 is 23.8 Å². The molecule has 0 bridgehead atoms. The number of thiophene rings is 1. The van der Waals surface area contributed by atoms with Crippen molar-refractivity contribution in [2.24, 2.45) is 0 Å². The van der Waals surface area contributed by atoms with Gasteiger partial charge in [-0.3, -0.25) is 9.69 Å². The first-order chi connectivity index (χ1) is 17.0. The molecular weight excluding hydrogens is 464 g/mol. The second-order valence-corrected chi connectivity index (χ2v) is 9.80. The van der Waals surface area contributed by atoms with Gasteiger partial charge in [0.2, 0.25) is 0 Å². The van der Waals surface area contributed by atoms with Crippen LogP contribution >= 0.6 is 11.3 Å². The van der Waals surface area contributed by atoms with Crippen molar-refractivity contribution in [3.63, 3.8) is 0 Å². The van der Waals surface area contributed by atoms with Crippen LogP contribution in [0.15, 0.2) is 64.4 Å². The van der Waals surface area contributed by atoms with Crippen molar-refractivity contribution >= 4 is 33.9 Å². The van der Waals surface area contributed by atoms with Crippen LogP contribution in [-0.4, -0.2) is 43.2 Å². The van der Waals surface area contributed by atoms with Gasteiger partial charge in [0, 0.05) is 36.0 Å². The number of nitrogens with zero attached hydrogens (tertiary/aromatic N) is 1. The van der Waals surface area contributed by atoms with Gasteiger partial charge in [-0.25, -0.2) is 0 Å². The SMILES string of the molecule is COc1ccc(OC)c(NC(=O)c2cc3cc(C4(O)CCN(Cc5cccs5)CC4)ccc3o2)c1. The number of benzene rings is 2. The Morgan fingerprint density at radius 2 is 1.94 bits per heavy atom. The molecule has 0 saturated carbocycles. The van der Waals surface area contributed by atoms with Gasteiger partial charge in [-0.1, -0.05) is 12.1 Å². The number of carbonyl (C=O) groups is 1. The topological polar surface area (TPSA) is 84.2 Å². The Balaban J connectivity index is 1.31. The van der Waals surface area contributed by atoms with Crippen LogP contribution in [0.2, 0.25) is 0 Å². The molecule has 35 heavy (non-hydrogen) atoms. The van der Waals surface area contributed by atoms with Gasteiger partial charge in [0.1, 0.15) is 17.1 Å². The molecule has 2 aromatic heterocycles. The van der Waals surface area contributed by atoms with Gasteiger partial charge in [0.25, 0.3) is 5.91 Å². The van der Waals surface area contributed by atoms with Crippen LogP contribution < -0.4 is 14.8 Å². The van der Waals surface area contributed by atoms with Crippen molar-refractivity contribution in [1.29, 1.82) is 0 Å². The zero-order valence-electron chi connectivity index (χ0n) is 19.7. The highest BCUT2D eigenvalue weighted by Gasteiger charge is 2.34. The summed E-state index contributed by atoms with van der Waals surface area (Å²) in [5.74, 6) is 0.907. The Kier molecular flexibility index (Phi) is 6.51. The molecule has 0 unspecified atom stereocenters. The molecule has 182 valence electrons. The van der Waals surface area contributed by atoms with Gasteiger partial charge in [-0.05, 0) is 60.2 Å². The minimum Gasteiger partial charge on any atom is -0.497 e. The maximum absolute atomic E-state index is 12.9. The number of fused-ring (bicyclic) bond motifs is 1.